The molecule has 0 radical (unpaired) electrons. The average Bonchev–Trinajstić information content (AvgIpc) is 3.27. The summed E-state index contributed by atoms with van der Waals surface area (Å²) >= 11 is 0. The molecule has 0 amide bonds. The van der Waals surface area contributed by atoms with Crippen LogP contribution >= 0.6 is 0 Å². The second kappa shape index (κ2) is 45.8. The van der Waals surface area contributed by atoms with Crippen LogP contribution < -0.4 is 0 Å². The summed E-state index contributed by atoms with van der Waals surface area (Å²) in [5, 5.41) is 9.65. The summed E-state index contributed by atoms with van der Waals surface area (Å²) in [6.45, 7) is 4.37. The summed E-state index contributed by atoms with van der Waals surface area (Å²) in [5.74, 6) is -1.62. The molecule has 2 unspecified atom stereocenters. The first-order valence-corrected chi connectivity index (χ1v) is 24.4. The zero-order valence-corrected chi connectivity index (χ0v) is 41.1. The number of unbranched alkanes of at least 4 members (excludes halogenated alkanes) is 3. The summed E-state index contributed by atoms with van der Waals surface area (Å²) in [5.41, 5.74) is 0. The SMILES string of the molecule is CC/C=C/C/C=C/C/C=C/C/C=C/C/C=C/C/C=C/CCCCC(=O)OCC(COCCC(C(=O)O)[N+](C)(C)C)OC(=O)CCC/C=C/C/C=C/C/C=C/C/C=C/C/C=C/C/C=C/CC. The minimum atomic E-state index is -0.897. The lowest BCUT2D eigenvalue weighted by molar-refractivity contribution is -0.887. The van der Waals surface area contributed by atoms with Crippen molar-refractivity contribution < 1.29 is 38.2 Å². The number of allylic oxidation sites excluding steroid dienone is 24. The molecule has 0 rings (SSSR count). The third-order valence-electron chi connectivity index (χ3n) is 9.73. The molecule has 1 N–H and O–H groups in total. The fourth-order valence-electron chi connectivity index (χ4n) is 6.05. The predicted octanol–water partition coefficient (Wildman–Crippen LogP) is 14.1. The molecule has 0 fully saturated rings. The van der Waals surface area contributed by atoms with Crippen LogP contribution in [0.4, 0.5) is 0 Å². The largest absolute Gasteiger partial charge is 0.477 e. The minimum absolute atomic E-state index is 0.0122. The molecule has 0 spiro atoms. The Hall–Kier alpha value is -4.79. The third kappa shape index (κ3) is 44.2. The van der Waals surface area contributed by atoms with Crippen LogP contribution in [0.1, 0.15) is 142 Å². The van der Waals surface area contributed by atoms with Gasteiger partial charge in [0.25, 0.3) is 0 Å². The number of hydrogen-bond donors (Lipinski definition) is 1. The van der Waals surface area contributed by atoms with Gasteiger partial charge in [-0.05, 0) is 109 Å². The van der Waals surface area contributed by atoms with Crippen LogP contribution in [-0.2, 0) is 28.6 Å². The monoisotopic (exact) mass is 899 g/mol. The first-order chi connectivity index (χ1) is 31.6. The molecule has 0 aliphatic carbocycles. The van der Waals surface area contributed by atoms with Gasteiger partial charge < -0.3 is 23.8 Å². The molecule has 0 aromatic carbocycles. The van der Waals surface area contributed by atoms with E-state index in [1.54, 1.807) is 0 Å². The van der Waals surface area contributed by atoms with Crippen molar-refractivity contribution in [3.63, 3.8) is 0 Å². The number of nitrogens with zero attached hydrogens (tertiary/aromatic N) is 1. The number of esters is 2. The lowest BCUT2D eigenvalue weighted by Gasteiger charge is -2.31. The Kier molecular flexibility index (Phi) is 42.4. The molecule has 8 heteroatoms. The van der Waals surface area contributed by atoms with Gasteiger partial charge in [-0.1, -0.05) is 160 Å². The Morgan fingerprint density at radius 1 is 0.462 bits per heavy atom. The maximum atomic E-state index is 12.8. The van der Waals surface area contributed by atoms with E-state index in [-0.39, 0.29) is 49.1 Å². The molecule has 0 saturated carbocycles. The average molecular weight is 899 g/mol. The number of quaternary nitrogens is 1. The van der Waals surface area contributed by atoms with E-state index in [1.807, 2.05) is 21.1 Å². The highest BCUT2D eigenvalue weighted by molar-refractivity contribution is 5.72. The van der Waals surface area contributed by atoms with E-state index in [0.717, 1.165) is 96.3 Å². The van der Waals surface area contributed by atoms with Crippen LogP contribution in [0.5, 0.6) is 0 Å². The quantitative estimate of drug-likeness (QED) is 0.0282. The number of ether oxygens (including phenoxy) is 3. The highest BCUT2D eigenvalue weighted by Crippen LogP contribution is 2.11. The molecule has 0 bridgehead atoms. The highest BCUT2D eigenvalue weighted by atomic mass is 16.6. The van der Waals surface area contributed by atoms with E-state index in [0.29, 0.717) is 19.3 Å². The number of carbonyl (C=O) groups excluding carboxylic acids is 2. The molecule has 8 nitrogen and oxygen atoms in total. The molecule has 0 aliphatic heterocycles. The van der Waals surface area contributed by atoms with Crippen molar-refractivity contribution in [1.82, 2.24) is 0 Å². The van der Waals surface area contributed by atoms with Gasteiger partial charge in [0, 0.05) is 19.3 Å². The van der Waals surface area contributed by atoms with Gasteiger partial charge in [0.15, 0.2) is 12.1 Å². The second-order valence-corrected chi connectivity index (χ2v) is 16.6. The summed E-state index contributed by atoms with van der Waals surface area (Å²) in [4.78, 5) is 37.1. The second-order valence-electron chi connectivity index (χ2n) is 16.6. The lowest BCUT2D eigenvalue weighted by Crippen LogP contribution is -2.50. The maximum Gasteiger partial charge on any atom is 0.362 e. The van der Waals surface area contributed by atoms with Gasteiger partial charge in [-0.2, -0.15) is 0 Å². The van der Waals surface area contributed by atoms with E-state index in [4.69, 9.17) is 14.2 Å². The van der Waals surface area contributed by atoms with Gasteiger partial charge in [-0.15, -0.1) is 0 Å². The molecular weight excluding hydrogens is 811 g/mol. The Morgan fingerprint density at radius 2 is 0.815 bits per heavy atom. The van der Waals surface area contributed by atoms with Gasteiger partial charge in [0.2, 0.25) is 0 Å². The molecule has 0 heterocycles. The van der Waals surface area contributed by atoms with Gasteiger partial charge in [-0.3, -0.25) is 9.59 Å². The van der Waals surface area contributed by atoms with E-state index in [2.05, 4.69) is 160 Å². The van der Waals surface area contributed by atoms with Crippen molar-refractivity contribution in [2.75, 3.05) is 41.0 Å². The van der Waals surface area contributed by atoms with Crippen molar-refractivity contribution in [3.8, 4) is 0 Å². The predicted molar refractivity (Wildman–Crippen MR) is 274 cm³/mol. The number of carboxylic acids is 1. The third-order valence-corrected chi connectivity index (χ3v) is 9.73. The van der Waals surface area contributed by atoms with Gasteiger partial charge in [0.05, 0.1) is 34.4 Å². The number of likely N-dealkylation sites (N-methyl/N-ethyl adjacent to an activating group) is 1. The van der Waals surface area contributed by atoms with Crippen LogP contribution in [0.3, 0.4) is 0 Å². The van der Waals surface area contributed by atoms with Crippen LogP contribution in [0.25, 0.3) is 0 Å². The molecule has 65 heavy (non-hydrogen) atoms. The first-order valence-electron chi connectivity index (χ1n) is 24.4. The molecule has 362 valence electrons. The normalized spacial score (nSPS) is 14.2. The summed E-state index contributed by atoms with van der Waals surface area (Å²) in [7, 11) is 5.48. The van der Waals surface area contributed by atoms with Crippen LogP contribution in [0, 0.1) is 0 Å². The maximum absolute atomic E-state index is 12.8. The van der Waals surface area contributed by atoms with Crippen molar-refractivity contribution in [2.45, 2.75) is 154 Å². The Bertz CT molecular complexity index is 1560. The molecule has 2 atom stereocenters. The van der Waals surface area contributed by atoms with E-state index in [1.165, 1.54) is 0 Å². The molecule has 0 aromatic heterocycles. The van der Waals surface area contributed by atoms with Crippen molar-refractivity contribution in [2.24, 2.45) is 0 Å². The Labute approximate surface area is 395 Å². The zero-order valence-electron chi connectivity index (χ0n) is 41.1. The van der Waals surface area contributed by atoms with E-state index >= 15 is 0 Å². The molecule has 0 aromatic rings. The van der Waals surface area contributed by atoms with Gasteiger partial charge in [0.1, 0.15) is 6.61 Å². The van der Waals surface area contributed by atoms with Gasteiger partial charge in [-0.25, -0.2) is 4.79 Å². The van der Waals surface area contributed by atoms with Crippen LogP contribution in [0.15, 0.2) is 146 Å². The number of carboxylic acid groups (broad SMARTS) is 1. The molecule has 0 aliphatic rings. The van der Waals surface area contributed by atoms with Crippen molar-refractivity contribution in [3.05, 3.63) is 146 Å². The van der Waals surface area contributed by atoms with Gasteiger partial charge >= 0.3 is 17.9 Å². The topological polar surface area (TPSA) is 99.1 Å². The standard InChI is InChI=1S/C57H87NO7/c1-6-8-10-12-14-16-18-20-22-24-26-28-30-31-33-35-37-39-41-43-45-47-55(59)64-52-53(51-63-50-49-54(57(61)62)58(3,4)5)65-56(60)48-46-44-42-40-38-36-34-32-29-27-25-23-21-19-17-15-13-11-9-7-2/h8-11,14-17,20-23,26-29,31,33-34,36-37,39-40,42,53-54H,6-7,12-13,18-19,24-25,30,32,35,38,41,43-52H2,1-5H3/p+1/b10-8+,11-9+,16-14+,17-15+,22-20+,23-21+,28-26+,29-27+,33-31+,36-34+,39-37+,42-40+. The number of hydrogen-bond acceptors (Lipinski definition) is 6. The smallest absolute Gasteiger partial charge is 0.362 e. The lowest BCUT2D eigenvalue weighted by atomic mass is 10.1. The van der Waals surface area contributed by atoms with Crippen LogP contribution in [0.2, 0.25) is 0 Å². The fourth-order valence-corrected chi connectivity index (χ4v) is 6.05. The summed E-state index contributed by atoms with van der Waals surface area (Å²) < 4.78 is 17.2. The van der Waals surface area contributed by atoms with E-state index in [9.17, 15) is 19.5 Å². The molecule has 0 saturated heterocycles. The van der Waals surface area contributed by atoms with Crippen LogP contribution in [-0.4, -0.2) is 80.6 Å². The van der Waals surface area contributed by atoms with Crippen molar-refractivity contribution in [1.29, 1.82) is 0 Å². The van der Waals surface area contributed by atoms with E-state index < -0.39 is 18.1 Å². The number of aliphatic carboxylic acids is 1. The highest BCUT2D eigenvalue weighted by Gasteiger charge is 2.31. The number of rotatable bonds is 41. The number of carbonyl (C=O) groups is 3. The summed E-state index contributed by atoms with van der Waals surface area (Å²) in [6.07, 6.45) is 67.6. The minimum Gasteiger partial charge on any atom is -0.477 e. The Morgan fingerprint density at radius 3 is 1.18 bits per heavy atom. The fraction of sp³-hybridized carbons (Fsp3) is 0.526. The Balaban J connectivity index is 4.51. The first kappa shape index (κ1) is 60.2. The molecular formula is C57H88NO7+. The zero-order chi connectivity index (χ0) is 47.7. The van der Waals surface area contributed by atoms with Crippen molar-refractivity contribution >= 4 is 17.9 Å². The summed E-state index contributed by atoms with van der Waals surface area (Å²) in [6, 6.07) is -0.643.